The molecule has 4 nitrogen and oxygen atoms in total. The summed E-state index contributed by atoms with van der Waals surface area (Å²) in [6.07, 6.45) is 7.94. The molecule has 0 bridgehead atoms. The summed E-state index contributed by atoms with van der Waals surface area (Å²) >= 11 is 0. The van der Waals surface area contributed by atoms with Gasteiger partial charge < -0.3 is 10.1 Å². The van der Waals surface area contributed by atoms with Crippen molar-refractivity contribution in [1.82, 2.24) is 9.97 Å². The van der Waals surface area contributed by atoms with Crippen molar-refractivity contribution >= 4 is 5.82 Å². The van der Waals surface area contributed by atoms with E-state index in [1.165, 1.54) is 30.5 Å². The molecule has 0 fully saturated rings. The number of aromatic nitrogens is 2. The van der Waals surface area contributed by atoms with E-state index < -0.39 is 0 Å². The van der Waals surface area contributed by atoms with Crippen LogP contribution in [0, 0.1) is 0 Å². The smallest absolute Gasteiger partial charge is 0.133 e. The first-order valence-corrected chi connectivity index (χ1v) is 7.46. The first kappa shape index (κ1) is 14.3. The van der Waals surface area contributed by atoms with Gasteiger partial charge in [-0.15, -0.1) is 0 Å². The lowest BCUT2D eigenvalue weighted by atomic mass is 10.1. The van der Waals surface area contributed by atoms with E-state index in [9.17, 15) is 0 Å². The van der Waals surface area contributed by atoms with Gasteiger partial charge in [-0.2, -0.15) is 0 Å². The first-order chi connectivity index (χ1) is 9.35. The molecule has 1 heterocycles. The Kier molecular flexibility index (Phi) is 5.58. The van der Waals surface area contributed by atoms with Gasteiger partial charge in [0.05, 0.1) is 0 Å². The molecule has 2 rings (SSSR count). The van der Waals surface area contributed by atoms with Crippen LogP contribution in [0.15, 0.2) is 0 Å². The van der Waals surface area contributed by atoms with E-state index in [0.29, 0.717) is 0 Å². The molecule has 1 aliphatic rings. The third-order valence-electron chi connectivity index (χ3n) is 3.57. The number of hydrogen-bond acceptors (Lipinski definition) is 4. The van der Waals surface area contributed by atoms with Crippen molar-refractivity contribution in [1.29, 1.82) is 0 Å². The number of nitrogens with zero attached hydrogens (tertiary/aromatic N) is 2. The fourth-order valence-corrected chi connectivity index (χ4v) is 2.62. The predicted octanol–water partition coefficient (Wildman–Crippen LogP) is 2.76. The molecule has 1 aliphatic carbocycles. The maximum atomic E-state index is 5.10. The highest BCUT2D eigenvalue weighted by Crippen LogP contribution is 2.25. The standard InChI is InChI=1S/C15H25N3O/c1-3-16-15-12-8-5-4-6-9-13(12)17-14(18-15)10-7-11-19-2/h3-11H2,1-2H3,(H,16,17,18). The van der Waals surface area contributed by atoms with E-state index >= 15 is 0 Å². The van der Waals surface area contributed by atoms with Crippen molar-refractivity contribution in [2.75, 3.05) is 25.6 Å². The van der Waals surface area contributed by atoms with Crippen molar-refractivity contribution in [3.63, 3.8) is 0 Å². The van der Waals surface area contributed by atoms with Gasteiger partial charge in [0.2, 0.25) is 0 Å². The Labute approximate surface area is 116 Å². The van der Waals surface area contributed by atoms with E-state index in [1.54, 1.807) is 7.11 Å². The molecule has 1 aromatic heterocycles. The van der Waals surface area contributed by atoms with Crippen molar-refractivity contribution in [3.8, 4) is 0 Å². The minimum absolute atomic E-state index is 0.775. The summed E-state index contributed by atoms with van der Waals surface area (Å²) < 4.78 is 5.10. The highest BCUT2D eigenvalue weighted by molar-refractivity contribution is 5.47. The second-order valence-corrected chi connectivity index (χ2v) is 5.10. The molecule has 0 radical (unpaired) electrons. The highest BCUT2D eigenvalue weighted by atomic mass is 16.5. The molecule has 0 saturated carbocycles. The van der Waals surface area contributed by atoms with Crippen molar-refractivity contribution in [3.05, 3.63) is 17.1 Å². The molecule has 1 N–H and O–H groups in total. The van der Waals surface area contributed by atoms with Crippen LogP contribution in [0.25, 0.3) is 0 Å². The van der Waals surface area contributed by atoms with Gasteiger partial charge in [-0.05, 0) is 39.0 Å². The molecular formula is C15H25N3O. The normalized spacial score (nSPS) is 14.8. The van der Waals surface area contributed by atoms with E-state index in [0.717, 1.165) is 50.5 Å². The SMILES string of the molecule is CCNc1nc(CCCOC)nc2c1CCCCC2. The second-order valence-electron chi connectivity index (χ2n) is 5.10. The van der Waals surface area contributed by atoms with Crippen LogP contribution in [0.1, 0.15) is 49.7 Å². The van der Waals surface area contributed by atoms with Crippen LogP contribution in [0.3, 0.4) is 0 Å². The first-order valence-electron chi connectivity index (χ1n) is 7.46. The van der Waals surface area contributed by atoms with E-state index in [2.05, 4.69) is 12.2 Å². The van der Waals surface area contributed by atoms with Gasteiger partial charge in [0.15, 0.2) is 0 Å². The average Bonchev–Trinajstić information content (AvgIpc) is 2.65. The van der Waals surface area contributed by atoms with Gasteiger partial charge in [-0.1, -0.05) is 6.42 Å². The summed E-state index contributed by atoms with van der Waals surface area (Å²) in [4.78, 5) is 9.49. The highest BCUT2D eigenvalue weighted by Gasteiger charge is 2.16. The number of hydrogen-bond donors (Lipinski definition) is 1. The quantitative estimate of drug-likeness (QED) is 0.633. The van der Waals surface area contributed by atoms with Gasteiger partial charge in [0, 0.05) is 37.9 Å². The van der Waals surface area contributed by atoms with Crippen molar-refractivity contribution in [2.24, 2.45) is 0 Å². The number of methoxy groups -OCH3 is 1. The number of ether oxygens (including phenoxy) is 1. The molecular weight excluding hydrogens is 238 g/mol. The van der Waals surface area contributed by atoms with Gasteiger partial charge in [0.25, 0.3) is 0 Å². The molecule has 0 spiro atoms. The maximum absolute atomic E-state index is 5.10. The molecule has 0 unspecified atom stereocenters. The second kappa shape index (κ2) is 7.43. The Balaban J connectivity index is 2.21. The topological polar surface area (TPSA) is 47.0 Å². The number of aryl methyl sites for hydroxylation is 2. The Morgan fingerprint density at radius 2 is 2.00 bits per heavy atom. The zero-order valence-corrected chi connectivity index (χ0v) is 12.2. The molecule has 0 amide bonds. The summed E-state index contributed by atoms with van der Waals surface area (Å²) in [6, 6.07) is 0. The zero-order valence-electron chi connectivity index (χ0n) is 12.2. The largest absolute Gasteiger partial charge is 0.385 e. The van der Waals surface area contributed by atoms with Gasteiger partial charge in [-0.25, -0.2) is 9.97 Å². The summed E-state index contributed by atoms with van der Waals surface area (Å²) in [5.41, 5.74) is 2.63. The Bertz CT molecular complexity index is 407. The molecule has 106 valence electrons. The molecule has 4 heteroatoms. The average molecular weight is 263 g/mol. The molecule has 0 aromatic carbocycles. The Morgan fingerprint density at radius 1 is 1.16 bits per heavy atom. The van der Waals surface area contributed by atoms with Crippen LogP contribution in [0.5, 0.6) is 0 Å². The molecule has 0 atom stereocenters. The lowest BCUT2D eigenvalue weighted by Gasteiger charge is -2.14. The monoisotopic (exact) mass is 263 g/mol. The third-order valence-corrected chi connectivity index (χ3v) is 3.57. The summed E-state index contributed by atoms with van der Waals surface area (Å²) in [6.45, 7) is 3.81. The zero-order chi connectivity index (χ0) is 13.5. The fourth-order valence-electron chi connectivity index (χ4n) is 2.62. The minimum Gasteiger partial charge on any atom is -0.385 e. The van der Waals surface area contributed by atoms with Crippen molar-refractivity contribution in [2.45, 2.75) is 51.9 Å². The van der Waals surface area contributed by atoms with E-state index in [-0.39, 0.29) is 0 Å². The van der Waals surface area contributed by atoms with Gasteiger partial charge in [-0.3, -0.25) is 0 Å². The lowest BCUT2D eigenvalue weighted by Crippen LogP contribution is -2.11. The number of anilines is 1. The number of fused-ring (bicyclic) bond motifs is 1. The van der Waals surface area contributed by atoms with Crippen LogP contribution >= 0.6 is 0 Å². The summed E-state index contributed by atoms with van der Waals surface area (Å²) in [5, 5.41) is 3.41. The Hall–Kier alpha value is -1.16. The molecule has 0 aliphatic heterocycles. The lowest BCUT2D eigenvalue weighted by molar-refractivity contribution is 0.194. The van der Waals surface area contributed by atoms with Crippen LogP contribution in [-0.4, -0.2) is 30.2 Å². The number of nitrogens with one attached hydrogen (secondary N) is 1. The molecule has 1 aromatic rings. The number of rotatable bonds is 6. The predicted molar refractivity (Wildman–Crippen MR) is 77.7 cm³/mol. The van der Waals surface area contributed by atoms with Gasteiger partial charge in [0.1, 0.15) is 11.6 Å². The summed E-state index contributed by atoms with van der Waals surface area (Å²) in [5.74, 6) is 2.04. The van der Waals surface area contributed by atoms with Crippen LogP contribution < -0.4 is 5.32 Å². The molecule has 0 saturated heterocycles. The van der Waals surface area contributed by atoms with Crippen LogP contribution in [-0.2, 0) is 24.0 Å². The fraction of sp³-hybridized carbons (Fsp3) is 0.733. The maximum Gasteiger partial charge on any atom is 0.133 e. The van der Waals surface area contributed by atoms with Crippen LogP contribution in [0.4, 0.5) is 5.82 Å². The minimum atomic E-state index is 0.775. The summed E-state index contributed by atoms with van der Waals surface area (Å²) in [7, 11) is 1.74. The Morgan fingerprint density at radius 3 is 2.79 bits per heavy atom. The van der Waals surface area contributed by atoms with Crippen molar-refractivity contribution < 1.29 is 4.74 Å². The van der Waals surface area contributed by atoms with E-state index in [4.69, 9.17) is 14.7 Å². The van der Waals surface area contributed by atoms with Gasteiger partial charge >= 0.3 is 0 Å². The third kappa shape index (κ3) is 3.90. The molecule has 19 heavy (non-hydrogen) atoms. The van der Waals surface area contributed by atoms with Crippen LogP contribution in [0.2, 0.25) is 0 Å². The van der Waals surface area contributed by atoms with E-state index in [1.807, 2.05) is 0 Å².